The van der Waals surface area contributed by atoms with Crippen LogP contribution in [0.15, 0.2) is 36.5 Å². The zero-order chi connectivity index (χ0) is 27.3. The summed E-state index contributed by atoms with van der Waals surface area (Å²) in [4.78, 5) is 20.5. The lowest BCUT2D eigenvalue weighted by atomic mass is 9.83. The molecule has 9 heteroatoms. The molecule has 0 aliphatic carbocycles. The van der Waals surface area contributed by atoms with E-state index in [4.69, 9.17) is 0 Å². The summed E-state index contributed by atoms with van der Waals surface area (Å²) < 4.78 is 0. The third-order valence-corrected chi connectivity index (χ3v) is 6.95. The molecule has 194 valence electrons. The Balaban J connectivity index is 1.58. The minimum absolute atomic E-state index is 0.0197. The lowest BCUT2D eigenvalue weighted by molar-refractivity contribution is -0.120. The average Bonchev–Trinajstić information content (AvgIpc) is 3.28. The van der Waals surface area contributed by atoms with Crippen molar-refractivity contribution in [1.29, 1.82) is 10.5 Å². The standard InChI is InChI=1S/C29H31N7O2/c1-4-26(38)32-8-5-6-19-10-18(2)25(13-21(19)14-30)36-28-33-9-7-24(35-28)20-11-22(15-31)27-23(12-20)29(3,17-37)16-34-27/h7,9-13,34,37H,4-6,8,16-17H2,1-3H3,(H,32,38)(H,33,35,36). The minimum atomic E-state index is -0.487. The smallest absolute Gasteiger partial charge is 0.227 e. The van der Waals surface area contributed by atoms with Crippen LogP contribution in [0.5, 0.6) is 0 Å². The number of aliphatic hydroxyl groups excluding tert-OH is 1. The van der Waals surface area contributed by atoms with Crippen LogP contribution in [0.3, 0.4) is 0 Å². The number of hydrogen-bond acceptors (Lipinski definition) is 8. The third-order valence-electron chi connectivity index (χ3n) is 6.95. The molecule has 1 atom stereocenters. The maximum Gasteiger partial charge on any atom is 0.227 e. The molecule has 2 heterocycles. The molecule has 1 unspecified atom stereocenters. The van der Waals surface area contributed by atoms with E-state index in [-0.39, 0.29) is 12.5 Å². The van der Waals surface area contributed by atoms with Crippen LogP contribution < -0.4 is 16.0 Å². The number of hydrogen-bond donors (Lipinski definition) is 4. The van der Waals surface area contributed by atoms with Crippen LogP contribution in [-0.2, 0) is 16.6 Å². The Bertz CT molecular complexity index is 1450. The van der Waals surface area contributed by atoms with E-state index in [9.17, 15) is 20.4 Å². The summed E-state index contributed by atoms with van der Waals surface area (Å²) in [6.45, 7) is 6.82. The average molecular weight is 510 g/mol. The van der Waals surface area contributed by atoms with Gasteiger partial charge in [-0.25, -0.2) is 9.97 Å². The molecule has 0 spiro atoms. The Hall–Kier alpha value is -4.47. The van der Waals surface area contributed by atoms with Gasteiger partial charge < -0.3 is 21.1 Å². The fraction of sp³-hybridized carbons (Fsp3) is 0.345. The zero-order valence-corrected chi connectivity index (χ0v) is 21.9. The van der Waals surface area contributed by atoms with Crippen LogP contribution in [0.4, 0.5) is 17.3 Å². The summed E-state index contributed by atoms with van der Waals surface area (Å²) in [6.07, 6.45) is 3.53. The number of nitrogens with zero attached hydrogens (tertiary/aromatic N) is 4. The first-order valence-corrected chi connectivity index (χ1v) is 12.7. The number of fused-ring (bicyclic) bond motifs is 1. The van der Waals surface area contributed by atoms with Gasteiger partial charge in [0, 0.05) is 42.4 Å². The summed E-state index contributed by atoms with van der Waals surface area (Å²) in [7, 11) is 0. The number of carbonyl (C=O) groups excluding carboxylic acids is 1. The maximum atomic E-state index is 11.4. The number of nitrogens with one attached hydrogen (secondary N) is 3. The number of benzene rings is 2. The van der Waals surface area contributed by atoms with E-state index in [2.05, 4.69) is 38.1 Å². The normalized spacial score (nSPS) is 15.6. The first-order valence-electron chi connectivity index (χ1n) is 12.7. The van der Waals surface area contributed by atoms with E-state index in [0.29, 0.717) is 48.7 Å². The highest BCUT2D eigenvalue weighted by atomic mass is 16.3. The van der Waals surface area contributed by atoms with Crippen LogP contribution in [-0.4, -0.2) is 40.7 Å². The van der Waals surface area contributed by atoms with Crippen molar-refractivity contribution < 1.29 is 9.90 Å². The Morgan fingerprint density at radius 1 is 1.21 bits per heavy atom. The van der Waals surface area contributed by atoms with Crippen molar-refractivity contribution in [2.45, 2.75) is 45.4 Å². The quantitative estimate of drug-likeness (QED) is 0.316. The van der Waals surface area contributed by atoms with Crippen molar-refractivity contribution in [2.75, 3.05) is 30.3 Å². The number of rotatable bonds is 9. The van der Waals surface area contributed by atoms with Crippen LogP contribution in [0.2, 0.25) is 0 Å². The second-order valence-electron chi connectivity index (χ2n) is 9.76. The van der Waals surface area contributed by atoms with Gasteiger partial charge in [0.2, 0.25) is 11.9 Å². The molecule has 0 saturated carbocycles. The third kappa shape index (κ3) is 5.44. The Morgan fingerprint density at radius 2 is 2.00 bits per heavy atom. The molecule has 4 N–H and O–H groups in total. The molecule has 1 amide bonds. The molecule has 38 heavy (non-hydrogen) atoms. The molecule has 1 aliphatic rings. The highest BCUT2D eigenvalue weighted by Crippen LogP contribution is 2.41. The van der Waals surface area contributed by atoms with Gasteiger partial charge in [-0.2, -0.15) is 10.5 Å². The van der Waals surface area contributed by atoms with Crippen molar-refractivity contribution in [1.82, 2.24) is 15.3 Å². The SMILES string of the molecule is CCC(=O)NCCCc1cc(C)c(Nc2nccc(-c3cc(C#N)c4c(c3)C(C)(CO)CN4)n2)cc1C#N. The molecule has 0 radical (unpaired) electrons. The Morgan fingerprint density at radius 3 is 2.71 bits per heavy atom. The molecule has 2 aromatic carbocycles. The fourth-order valence-corrected chi connectivity index (χ4v) is 4.61. The predicted octanol–water partition coefficient (Wildman–Crippen LogP) is 4.07. The number of aromatic nitrogens is 2. The molecule has 0 saturated heterocycles. The van der Waals surface area contributed by atoms with Gasteiger partial charge in [-0.1, -0.05) is 19.9 Å². The monoisotopic (exact) mass is 509 g/mol. The lowest BCUT2D eigenvalue weighted by Crippen LogP contribution is -2.28. The summed E-state index contributed by atoms with van der Waals surface area (Å²) in [5, 5.41) is 38.8. The van der Waals surface area contributed by atoms with Gasteiger partial charge in [-0.05, 0) is 60.7 Å². The van der Waals surface area contributed by atoms with Gasteiger partial charge in [-0.15, -0.1) is 0 Å². The molecule has 9 nitrogen and oxygen atoms in total. The van der Waals surface area contributed by atoms with Crippen molar-refractivity contribution in [3.63, 3.8) is 0 Å². The highest BCUT2D eigenvalue weighted by Gasteiger charge is 2.36. The van der Waals surface area contributed by atoms with Crippen LogP contribution in [0, 0.1) is 29.6 Å². The van der Waals surface area contributed by atoms with Crippen LogP contribution in [0.25, 0.3) is 11.3 Å². The first-order chi connectivity index (χ1) is 18.3. The summed E-state index contributed by atoms with van der Waals surface area (Å²) >= 11 is 0. The van der Waals surface area contributed by atoms with E-state index in [1.54, 1.807) is 24.4 Å². The summed E-state index contributed by atoms with van der Waals surface area (Å²) in [5.41, 5.74) is 6.22. The van der Waals surface area contributed by atoms with Crippen molar-refractivity contribution in [3.05, 3.63) is 64.3 Å². The molecular weight excluding hydrogens is 478 g/mol. The van der Waals surface area contributed by atoms with Crippen molar-refractivity contribution >= 4 is 23.2 Å². The lowest BCUT2D eigenvalue weighted by Gasteiger charge is -2.21. The first kappa shape index (κ1) is 26.6. The molecule has 4 rings (SSSR count). The topological polar surface area (TPSA) is 147 Å². The van der Waals surface area contributed by atoms with Gasteiger partial charge in [0.15, 0.2) is 0 Å². The van der Waals surface area contributed by atoms with E-state index < -0.39 is 5.41 Å². The number of nitriles is 2. The molecule has 0 fully saturated rings. The molecule has 0 bridgehead atoms. The van der Waals surface area contributed by atoms with E-state index in [0.717, 1.165) is 40.0 Å². The number of anilines is 3. The second kappa shape index (κ2) is 11.3. The largest absolute Gasteiger partial charge is 0.395 e. The van der Waals surface area contributed by atoms with Crippen LogP contribution in [0.1, 0.15) is 54.5 Å². The highest BCUT2D eigenvalue weighted by molar-refractivity contribution is 5.77. The van der Waals surface area contributed by atoms with Crippen molar-refractivity contribution in [2.24, 2.45) is 0 Å². The van der Waals surface area contributed by atoms with Crippen LogP contribution >= 0.6 is 0 Å². The summed E-state index contributed by atoms with van der Waals surface area (Å²) in [6, 6.07) is 13.8. The second-order valence-corrected chi connectivity index (χ2v) is 9.76. The number of aryl methyl sites for hydroxylation is 2. The minimum Gasteiger partial charge on any atom is -0.395 e. The Labute approximate surface area is 222 Å². The van der Waals surface area contributed by atoms with Gasteiger partial charge in [0.25, 0.3) is 0 Å². The molecule has 1 aliphatic heterocycles. The Kier molecular flexibility index (Phi) is 7.90. The van der Waals surface area contributed by atoms with Gasteiger partial charge in [-0.3, -0.25) is 4.79 Å². The van der Waals surface area contributed by atoms with Gasteiger partial charge in [0.05, 0.1) is 35.2 Å². The zero-order valence-electron chi connectivity index (χ0n) is 21.9. The maximum absolute atomic E-state index is 11.4. The molecule has 3 aromatic rings. The molecular formula is C29H31N7O2. The number of amides is 1. The van der Waals surface area contributed by atoms with E-state index in [1.165, 1.54) is 0 Å². The molecule has 1 aromatic heterocycles. The fourth-order valence-electron chi connectivity index (χ4n) is 4.61. The van der Waals surface area contributed by atoms with E-state index >= 15 is 0 Å². The van der Waals surface area contributed by atoms with Gasteiger partial charge in [0.1, 0.15) is 6.07 Å². The van der Waals surface area contributed by atoms with Crippen molar-refractivity contribution in [3.8, 4) is 23.4 Å². The predicted molar refractivity (Wildman–Crippen MR) is 146 cm³/mol. The number of aliphatic hydroxyl groups is 1. The number of carbonyl (C=O) groups is 1. The van der Waals surface area contributed by atoms with E-state index in [1.807, 2.05) is 32.9 Å². The van der Waals surface area contributed by atoms with Gasteiger partial charge >= 0.3 is 0 Å². The summed E-state index contributed by atoms with van der Waals surface area (Å²) in [5.74, 6) is 0.387.